The van der Waals surface area contributed by atoms with Crippen LogP contribution in [0.3, 0.4) is 0 Å². The number of furan rings is 1. The molecule has 2 aromatic rings. The van der Waals surface area contributed by atoms with E-state index in [1.165, 1.54) is 6.26 Å². The summed E-state index contributed by atoms with van der Waals surface area (Å²) >= 11 is 0. The fraction of sp³-hybridized carbons (Fsp3) is 0.471. The molecule has 9 nitrogen and oxygen atoms in total. The molecule has 26 heavy (non-hydrogen) atoms. The van der Waals surface area contributed by atoms with Crippen LogP contribution in [0.15, 0.2) is 40.2 Å². The van der Waals surface area contributed by atoms with Gasteiger partial charge in [-0.25, -0.2) is 0 Å². The Morgan fingerprint density at radius 1 is 1.42 bits per heavy atom. The van der Waals surface area contributed by atoms with Crippen LogP contribution in [0.2, 0.25) is 0 Å². The summed E-state index contributed by atoms with van der Waals surface area (Å²) in [6.45, 7) is 3.11. The molecule has 1 fully saturated rings. The van der Waals surface area contributed by atoms with E-state index in [0.29, 0.717) is 32.0 Å². The zero-order valence-corrected chi connectivity index (χ0v) is 15.0. The molecule has 1 amide bonds. The van der Waals surface area contributed by atoms with Gasteiger partial charge in [0, 0.05) is 45.5 Å². The number of hydrogen-bond donors (Lipinski definition) is 2. The van der Waals surface area contributed by atoms with Crippen molar-refractivity contribution < 1.29 is 13.9 Å². The van der Waals surface area contributed by atoms with Gasteiger partial charge in [-0.1, -0.05) is 0 Å². The Morgan fingerprint density at radius 2 is 2.27 bits per heavy atom. The zero-order chi connectivity index (χ0) is 18.4. The molecule has 0 aromatic carbocycles. The topological polar surface area (TPSA) is 96.9 Å². The van der Waals surface area contributed by atoms with Gasteiger partial charge in [-0.05, 0) is 12.1 Å². The van der Waals surface area contributed by atoms with Crippen molar-refractivity contribution in [2.24, 2.45) is 12.0 Å². The minimum atomic E-state index is -0.227. The molecule has 2 aromatic heterocycles. The maximum atomic E-state index is 11.8. The van der Waals surface area contributed by atoms with E-state index in [0.717, 1.165) is 18.1 Å². The average Bonchev–Trinajstić information content (AvgIpc) is 3.33. The molecule has 9 heteroatoms. The Kier molecular flexibility index (Phi) is 5.90. The lowest BCUT2D eigenvalue weighted by Gasteiger charge is -2.34. The molecule has 1 aliphatic rings. The van der Waals surface area contributed by atoms with Gasteiger partial charge in [0.05, 0.1) is 25.6 Å². The number of rotatable bonds is 5. The van der Waals surface area contributed by atoms with E-state index in [2.05, 4.69) is 25.6 Å². The van der Waals surface area contributed by atoms with E-state index in [9.17, 15) is 4.79 Å². The highest BCUT2D eigenvalue weighted by Gasteiger charge is 2.25. The molecule has 0 saturated carbocycles. The van der Waals surface area contributed by atoms with Crippen LogP contribution in [0.5, 0.6) is 0 Å². The predicted molar refractivity (Wildman–Crippen MR) is 95.9 cm³/mol. The summed E-state index contributed by atoms with van der Waals surface area (Å²) in [5.41, 5.74) is 1.05. The molecule has 3 heterocycles. The molecule has 3 rings (SSSR count). The van der Waals surface area contributed by atoms with Gasteiger partial charge in [-0.15, -0.1) is 0 Å². The van der Waals surface area contributed by atoms with E-state index in [-0.39, 0.29) is 12.0 Å². The summed E-state index contributed by atoms with van der Waals surface area (Å²) in [6.07, 6.45) is 5.24. The van der Waals surface area contributed by atoms with Crippen LogP contribution in [0.4, 0.5) is 0 Å². The molecule has 0 radical (unpaired) electrons. The first-order chi connectivity index (χ1) is 12.7. The van der Waals surface area contributed by atoms with Crippen LogP contribution in [-0.2, 0) is 11.8 Å². The number of hydrogen-bond acceptors (Lipinski definition) is 5. The lowest BCUT2D eigenvalue weighted by atomic mass is 10.1. The molecule has 1 atom stereocenters. The number of nitrogens with one attached hydrogen (secondary N) is 2. The highest BCUT2D eigenvalue weighted by atomic mass is 16.5. The number of amides is 1. The van der Waals surface area contributed by atoms with Crippen molar-refractivity contribution in [1.29, 1.82) is 0 Å². The summed E-state index contributed by atoms with van der Waals surface area (Å²) in [6, 6.07) is 3.32. The molecule has 1 unspecified atom stereocenters. The van der Waals surface area contributed by atoms with Crippen LogP contribution in [0.25, 0.3) is 0 Å². The van der Waals surface area contributed by atoms with E-state index < -0.39 is 0 Å². The molecule has 1 saturated heterocycles. The van der Waals surface area contributed by atoms with Crippen molar-refractivity contribution in [2.75, 3.05) is 39.8 Å². The summed E-state index contributed by atoms with van der Waals surface area (Å²) in [7, 11) is 3.64. The molecular weight excluding hydrogens is 336 g/mol. The Labute approximate surface area is 152 Å². The first-order valence-corrected chi connectivity index (χ1v) is 8.55. The van der Waals surface area contributed by atoms with Gasteiger partial charge in [0.25, 0.3) is 5.91 Å². The summed E-state index contributed by atoms with van der Waals surface area (Å²) in [5.74, 6) is 0.867. The van der Waals surface area contributed by atoms with Crippen LogP contribution in [0.1, 0.15) is 22.2 Å². The number of aromatic nitrogens is 2. The van der Waals surface area contributed by atoms with Crippen molar-refractivity contribution in [3.8, 4) is 0 Å². The van der Waals surface area contributed by atoms with Crippen molar-refractivity contribution in [2.45, 2.75) is 6.10 Å². The number of nitrogens with zero attached hydrogens (tertiary/aromatic N) is 4. The maximum absolute atomic E-state index is 11.8. The quantitative estimate of drug-likeness (QED) is 0.455. The molecule has 0 spiro atoms. The van der Waals surface area contributed by atoms with Crippen LogP contribution < -0.4 is 10.6 Å². The van der Waals surface area contributed by atoms with E-state index >= 15 is 0 Å². The lowest BCUT2D eigenvalue weighted by Crippen LogP contribution is -2.49. The number of aryl methyl sites for hydroxylation is 1. The first-order valence-electron chi connectivity index (χ1n) is 8.55. The third kappa shape index (κ3) is 4.42. The fourth-order valence-corrected chi connectivity index (χ4v) is 2.83. The first kappa shape index (κ1) is 18.0. The van der Waals surface area contributed by atoms with E-state index in [4.69, 9.17) is 9.15 Å². The second kappa shape index (κ2) is 8.52. The minimum Gasteiger partial charge on any atom is -0.459 e. The second-order valence-corrected chi connectivity index (χ2v) is 5.96. The lowest BCUT2D eigenvalue weighted by molar-refractivity contribution is -0.00800. The monoisotopic (exact) mass is 360 g/mol. The number of morpholine rings is 1. The number of carbonyl (C=O) groups excluding carboxylic acids is 1. The van der Waals surface area contributed by atoms with Crippen LogP contribution >= 0.6 is 0 Å². The highest BCUT2D eigenvalue weighted by Crippen LogP contribution is 2.21. The molecule has 140 valence electrons. The third-order valence-electron chi connectivity index (χ3n) is 4.11. The Hall–Kier alpha value is -2.81. The van der Waals surface area contributed by atoms with Gasteiger partial charge in [0.15, 0.2) is 11.7 Å². The van der Waals surface area contributed by atoms with Gasteiger partial charge in [0.2, 0.25) is 0 Å². The standard InChI is InChI=1S/C17H24N6O3/c1-18-17(20-6-5-19-16(24)14-4-3-8-25-14)23-7-9-26-15(12-23)13-10-21-22(2)11-13/h3-4,8,10-11,15H,5-7,9,12H2,1-2H3,(H,18,20)(H,19,24). The molecule has 2 N–H and O–H groups in total. The van der Waals surface area contributed by atoms with Gasteiger partial charge >= 0.3 is 0 Å². The van der Waals surface area contributed by atoms with Gasteiger partial charge in [-0.3, -0.25) is 14.5 Å². The smallest absolute Gasteiger partial charge is 0.287 e. The SMILES string of the molecule is CN=C(NCCNC(=O)c1ccco1)N1CCOC(c2cnn(C)c2)C1. The Morgan fingerprint density at radius 3 is 2.96 bits per heavy atom. The summed E-state index contributed by atoms with van der Waals surface area (Å²) < 4.78 is 12.7. The number of guanidine groups is 1. The van der Waals surface area contributed by atoms with E-state index in [1.54, 1.807) is 23.9 Å². The average molecular weight is 360 g/mol. The minimum absolute atomic E-state index is 0.0327. The van der Waals surface area contributed by atoms with E-state index in [1.807, 2.05) is 19.4 Å². The van der Waals surface area contributed by atoms with Gasteiger partial charge < -0.3 is 24.7 Å². The summed E-state index contributed by atoms with van der Waals surface area (Å²) in [5, 5.41) is 10.3. The summed E-state index contributed by atoms with van der Waals surface area (Å²) in [4.78, 5) is 18.3. The van der Waals surface area contributed by atoms with Crippen LogP contribution in [0, 0.1) is 0 Å². The van der Waals surface area contributed by atoms with Crippen molar-refractivity contribution >= 4 is 11.9 Å². The van der Waals surface area contributed by atoms with Gasteiger partial charge in [0.1, 0.15) is 6.10 Å². The molecule has 0 aliphatic carbocycles. The highest BCUT2D eigenvalue weighted by molar-refractivity contribution is 5.91. The third-order valence-corrected chi connectivity index (χ3v) is 4.11. The fourth-order valence-electron chi connectivity index (χ4n) is 2.83. The molecule has 0 bridgehead atoms. The second-order valence-electron chi connectivity index (χ2n) is 5.96. The van der Waals surface area contributed by atoms with Crippen LogP contribution in [-0.4, -0.2) is 66.4 Å². The maximum Gasteiger partial charge on any atom is 0.287 e. The molecule has 1 aliphatic heterocycles. The molecular formula is C17H24N6O3. The number of carbonyl (C=O) groups is 1. The largest absolute Gasteiger partial charge is 0.459 e. The number of aliphatic imine (C=N–C) groups is 1. The Balaban J connectivity index is 1.46. The van der Waals surface area contributed by atoms with Crippen molar-refractivity contribution in [3.05, 3.63) is 42.1 Å². The van der Waals surface area contributed by atoms with Crippen molar-refractivity contribution in [1.82, 2.24) is 25.3 Å². The Bertz CT molecular complexity index is 740. The predicted octanol–water partition coefficient (Wildman–Crippen LogP) is 0.392. The van der Waals surface area contributed by atoms with Crippen molar-refractivity contribution in [3.63, 3.8) is 0 Å². The normalized spacial score (nSPS) is 18.0. The number of ether oxygens (including phenoxy) is 1. The van der Waals surface area contributed by atoms with Gasteiger partial charge in [-0.2, -0.15) is 5.10 Å². The zero-order valence-electron chi connectivity index (χ0n) is 15.0.